The Labute approximate surface area is 99.1 Å². The van der Waals surface area contributed by atoms with Gasteiger partial charge in [0.15, 0.2) is 11.5 Å². The molecule has 2 N–H and O–H groups in total. The van der Waals surface area contributed by atoms with Gasteiger partial charge in [-0.3, -0.25) is 0 Å². The molecule has 0 bridgehead atoms. The van der Waals surface area contributed by atoms with Crippen molar-refractivity contribution in [2.45, 2.75) is 6.54 Å². The fourth-order valence-electron chi connectivity index (χ4n) is 1.43. The second-order valence-corrected chi connectivity index (χ2v) is 3.49. The highest BCUT2D eigenvalue weighted by molar-refractivity contribution is 5.54. The third-order valence-electron chi connectivity index (χ3n) is 2.29. The van der Waals surface area contributed by atoms with Crippen molar-refractivity contribution in [1.82, 2.24) is 9.97 Å². The summed E-state index contributed by atoms with van der Waals surface area (Å²) in [6.07, 6.45) is 4.97. The lowest BCUT2D eigenvalue weighted by atomic mass is 10.2. The van der Waals surface area contributed by atoms with Crippen LogP contribution >= 0.6 is 0 Å². The van der Waals surface area contributed by atoms with Crippen LogP contribution in [0.15, 0.2) is 36.9 Å². The zero-order valence-electron chi connectivity index (χ0n) is 9.42. The van der Waals surface area contributed by atoms with E-state index >= 15 is 0 Å². The highest BCUT2D eigenvalue weighted by Crippen LogP contribution is 2.28. The Morgan fingerprint density at radius 3 is 2.71 bits per heavy atom. The van der Waals surface area contributed by atoms with E-state index in [-0.39, 0.29) is 5.75 Å². The molecule has 0 saturated heterocycles. The Kier molecular flexibility index (Phi) is 3.40. The summed E-state index contributed by atoms with van der Waals surface area (Å²) in [5.74, 6) is 0.570. The largest absolute Gasteiger partial charge is 0.504 e. The Balaban J connectivity index is 2.02. The van der Waals surface area contributed by atoms with E-state index in [0.29, 0.717) is 12.3 Å². The first kappa shape index (κ1) is 11.2. The predicted molar refractivity (Wildman–Crippen MR) is 64.0 cm³/mol. The van der Waals surface area contributed by atoms with Crippen LogP contribution < -0.4 is 10.1 Å². The molecule has 0 aliphatic rings. The number of benzene rings is 1. The zero-order chi connectivity index (χ0) is 12.1. The molecule has 0 radical (unpaired) electrons. The number of aromatic hydroxyl groups is 1. The van der Waals surface area contributed by atoms with Gasteiger partial charge in [0.05, 0.1) is 7.11 Å². The molecule has 0 aliphatic heterocycles. The lowest BCUT2D eigenvalue weighted by molar-refractivity contribution is 0.373. The summed E-state index contributed by atoms with van der Waals surface area (Å²) in [6.45, 7) is 0.604. The number of phenolic OH excluding ortho intramolecular Hbond substituents is 1. The summed E-state index contributed by atoms with van der Waals surface area (Å²) < 4.78 is 4.96. The minimum absolute atomic E-state index is 0.113. The molecule has 0 spiro atoms. The molecule has 0 aliphatic carbocycles. The third kappa shape index (κ3) is 2.84. The van der Waals surface area contributed by atoms with Gasteiger partial charge < -0.3 is 15.2 Å². The number of phenols is 1. The molecule has 5 nitrogen and oxygen atoms in total. The number of rotatable bonds is 4. The van der Waals surface area contributed by atoms with Gasteiger partial charge >= 0.3 is 0 Å². The second-order valence-electron chi connectivity index (χ2n) is 3.49. The fourth-order valence-corrected chi connectivity index (χ4v) is 1.43. The van der Waals surface area contributed by atoms with Gasteiger partial charge in [-0.2, -0.15) is 0 Å². The van der Waals surface area contributed by atoms with E-state index in [4.69, 9.17) is 4.74 Å². The smallest absolute Gasteiger partial charge is 0.160 e. The topological polar surface area (TPSA) is 67.3 Å². The number of hydrogen-bond acceptors (Lipinski definition) is 5. The van der Waals surface area contributed by atoms with Crippen LogP contribution in [0.25, 0.3) is 0 Å². The normalized spacial score (nSPS) is 9.94. The molecule has 0 amide bonds. The Morgan fingerprint density at radius 1 is 1.29 bits per heavy atom. The summed E-state index contributed by atoms with van der Waals surface area (Å²) in [5.41, 5.74) is 1.79. The summed E-state index contributed by atoms with van der Waals surface area (Å²) in [5, 5.41) is 12.8. The van der Waals surface area contributed by atoms with Crippen molar-refractivity contribution < 1.29 is 9.84 Å². The maximum atomic E-state index is 9.60. The minimum Gasteiger partial charge on any atom is -0.504 e. The van der Waals surface area contributed by atoms with E-state index in [1.54, 1.807) is 24.5 Å². The van der Waals surface area contributed by atoms with E-state index in [2.05, 4.69) is 15.3 Å². The number of anilines is 1. The number of nitrogens with one attached hydrogen (secondary N) is 1. The van der Waals surface area contributed by atoms with E-state index < -0.39 is 0 Å². The molecule has 2 aromatic rings. The lowest BCUT2D eigenvalue weighted by Gasteiger charge is -2.08. The molecule has 1 heterocycles. The van der Waals surface area contributed by atoms with Gasteiger partial charge in [0.1, 0.15) is 6.33 Å². The zero-order valence-corrected chi connectivity index (χ0v) is 9.42. The molecule has 17 heavy (non-hydrogen) atoms. The number of ether oxygens (including phenoxy) is 1. The first-order valence-corrected chi connectivity index (χ1v) is 5.14. The molecule has 1 aromatic heterocycles. The molecule has 88 valence electrons. The maximum Gasteiger partial charge on any atom is 0.160 e. The van der Waals surface area contributed by atoms with Crippen LogP contribution in [0.3, 0.4) is 0 Å². The minimum atomic E-state index is 0.113. The van der Waals surface area contributed by atoms with Gasteiger partial charge in [0.2, 0.25) is 0 Å². The van der Waals surface area contributed by atoms with Gasteiger partial charge in [0, 0.05) is 36.3 Å². The number of aromatic nitrogens is 2. The number of methoxy groups -OCH3 is 1. The van der Waals surface area contributed by atoms with Crippen molar-refractivity contribution >= 4 is 5.69 Å². The van der Waals surface area contributed by atoms with Gasteiger partial charge in [-0.15, -0.1) is 0 Å². The summed E-state index contributed by atoms with van der Waals surface area (Å²) in [4.78, 5) is 7.84. The Bertz CT molecular complexity index is 488. The Morgan fingerprint density at radius 2 is 2.06 bits per heavy atom. The highest BCUT2D eigenvalue weighted by atomic mass is 16.5. The number of nitrogens with zero attached hydrogens (tertiary/aromatic N) is 2. The van der Waals surface area contributed by atoms with Crippen molar-refractivity contribution in [2.75, 3.05) is 12.4 Å². The molecular weight excluding hydrogens is 218 g/mol. The number of hydrogen-bond donors (Lipinski definition) is 2. The van der Waals surface area contributed by atoms with Crippen molar-refractivity contribution in [2.24, 2.45) is 0 Å². The molecular formula is C12H13N3O2. The molecule has 0 fully saturated rings. The van der Waals surface area contributed by atoms with E-state index in [9.17, 15) is 5.11 Å². The highest BCUT2D eigenvalue weighted by Gasteiger charge is 2.02. The van der Waals surface area contributed by atoms with Crippen molar-refractivity contribution in [3.05, 3.63) is 42.5 Å². The first-order valence-electron chi connectivity index (χ1n) is 5.14. The lowest BCUT2D eigenvalue weighted by Crippen LogP contribution is -2.00. The molecule has 0 saturated carbocycles. The van der Waals surface area contributed by atoms with E-state index in [1.165, 1.54) is 13.4 Å². The van der Waals surface area contributed by atoms with Gasteiger partial charge in [-0.05, 0) is 12.1 Å². The molecule has 0 unspecified atom stereocenters. The molecule has 5 heteroatoms. The average molecular weight is 231 g/mol. The van der Waals surface area contributed by atoms with Crippen LogP contribution in [0.2, 0.25) is 0 Å². The monoisotopic (exact) mass is 231 g/mol. The van der Waals surface area contributed by atoms with E-state index in [0.717, 1.165) is 11.3 Å². The third-order valence-corrected chi connectivity index (χ3v) is 2.29. The standard InChI is InChI=1S/C12H13N3O2/c1-17-12-3-2-10(4-11(12)16)15-7-9-5-13-8-14-6-9/h2-6,8,15-16H,7H2,1H3. The first-order chi connectivity index (χ1) is 8.29. The van der Waals surface area contributed by atoms with E-state index in [1.807, 2.05) is 6.07 Å². The van der Waals surface area contributed by atoms with Crippen LogP contribution in [0.5, 0.6) is 11.5 Å². The summed E-state index contributed by atoms with van der Waals surface area (Å²) in [7, 11) is 1.52. The fraction of sp³-hybridized carbons (Fsp3) is 0.167. The van der Waals surface area contributed by atoms with Gasteiger partial charge in [0.25, 0.3) is 0 Å². The molecule has 2 rings (SSSR count). The van der Waals surface area contributed by atoms with Gasteiger partial charge in [-0.1, -0.05) is 0 Å². The van der Waals surface area contributed by atoms with Crippen LogP contribution in [0.4, 0.5) is 5.69 Å². The van der Waals surface area contributed by atoms with Crippen LogP contribution in [-0.2, 0) is 6.54 Å². The SMILES string of the molecule is COc1ccc(NCc2cncnc2)cc1O. The predicted octanol–water partition coefficient (Wildman–Crippen LogP) is 1.80. The summed E-state index contributed by atoms with van der Waals surface area (Å²) in [6, 6.07) is 5.16. The average Bonchev–Trinajstić information content (AvgIpc) is 2.38. The van der Waals surface area contributed by atoms with Crippen LogP contribution in [0.1, 0.15) is 5.56 Å². The summed E-state index contributed by atoms with van der Waals surface area (Å²) >= 11 is 0. The van der Waals surface area contributed by atoms with Crippen molar-refractivity contribution in [3.8, 4) is 11.5 Å². The maximum absolute atomic E-state index is 9.60. The van der Waals surface area contributed by atoms with Crippen molar-refractivity contribution in [1.29, 1.82) is 0 Å². The van der Waals surface area contributed by atoms with Crippen LogP contribution in [-0.4, -0.2) is 22.2 Å². The van der Waals surface area contributed by atoms with Gasteiger partial charge in [-0.25, -0.2) is 9.97 Å². The van der Waals surface area contributed by atoms with Crippen LogP contribution in [0, 0.1) is 0 Å². The second kappa shape index (κ2) is 5.16. The quantitative estimate of drug-likeness (QED) is 0.839. The molecule has 1 aromatic carbocycles. The Hall–Kier alpha value is -2.30. The molecule has 0 atom stereocenters. The van der Waals surface area contributed by atoms with Crippen molar-refractivity contribution in [3.63, 3.8) is 0 Å².